The Kier molecular flexibility index (Phi) is 4.17. The van der Waals surface area contributed by atoms with Crippen molar-refractivity contribution in [3.05, 3.63) is 34.2 Å². The van der Waals surface area contributed by atoms with Crippen LogP contribution in [0, 0.1) is 0 Å². The van der Waals surface area contributed by atoms with Crippen LogP contribution in [-0.4, -0.2) is 23.1 Å². The Balaban J connectivity index is 2.03. The lowest BCUT2D eigenvalue weighted by Gasteiger charge is -2.14. The molecule has 18 heavy (non-hydrogen) atoms. The van der Waals surface area contributed by atoms with E-state index < -0.39 is 0 Å². The summed E-state index contributed by atoms with van der Waals surface area (Å²) < 4.78 is 0. The van der Waals surface area contributed by atoms with Gasteiger partial charge in [-0.1, -0.05) is 6.07 Å². The Morgan fingerprint density at radius 1 is 1.28 bits per heavy atom. The molecule has 2 aromatic rings. The molecule has 1 unspecified atom stereocenters. The summed E-state index contributed by atoms with van der Waals surface area (Å²) >= 11 is 0. The van der Waals surface area contributed by atoms with Crippen molar-refractivity contribution >= 4 is 11.0 Å². The zero-order chi connectivity index (χ0) is 13.0. The van der Waals surface area contributed by atoms with E-state index in [2.05, 4.69) is 22.2 Å². The first kappa shape index (κ1) is 12.9. The summed E-state index contributed by atoms with van der Waals surface area (Å²) in [7, 11) is 0. The maximum absolute atomic E-state index is 11.2. The number of hydrogen-bond acceptors (Lipinski definition) is 3. The van der Waals surface area contributed by atoms with Gasteiger partial charge in [0.2, 0.25) is 0 Å². The lowest BCUT2D eigenvalue weighted by atomic mass is 10.1. The van der Waals surface area contributed by atoms with E-state index in [1.807, 2.05) is 18.2 Å². The van der Waals surface area contributed by atoms with E-state index in [-0.39, 0.29) is 11.7 Å². The van der Waals surface area contributed by atoms with Crippen LogP contribution in [0.1, 0.15) is 31.4 Å². The third-order valence-corrected chi connectivity index (χ3v) is 3.12. The maximum atomic E-state index is 11.2. The molecule has 5 N–H and O–H groups in total. The maximum Gasteiger partial charge on any atom is 0.323 e. The number of imidazole rings is 1. The molecule has 1 aromatic heterocycles. The van der Waals surface area contributed by atoms with Gasteiger partial charge in [0.15, 0.2) is 0 Å². The van der Waals surface area contributed by atoms with Crippen molar-refractivity contribution in [2.75, 3.05) is 13.1 Å². The minimum absolute atomic E-state index is 0.161. The standard InChI is InChI=1S/C13H20N4O/c1-9(15-7-3-2-6-14)10-4-5-11-12(8-10)17-13(18)16-11/h4-5,8-9,15H,2-3,6-7,14H2,1H3,(H2,16,17,18). The minimum atomic E-state index is -0.161. The Morgan fingerprint density at radius 3 is 2.83 bits per heavy atom. The van der Waals surface area contributed by atoms with Crippen molar-refractivity contribution in [1.82, 2.24) is 15.3 Å². The molecule has 0 aliphatic carbocycles. The van der Waals surface area contributed by atoms with Gasteiger partial charge >= 0.3 is 5.69 Å². The van der Waals surface area contributed by atoms with E-state index in [1.54, 1.807) is 0 Å². The van der Waals surface area contributed by atoms with Crippen LogP contribution >= 0.6 is 0 Å². The first-order valence-corrected chi connectivity index (χ1v) is 6.36. The normalized spacial score (nSPS) is 13.0. The molecule has 1 aromatic carbocycles. The summed E-state index contributed by atoms with van der Waals surface area (Å²) in [5.74, 6) is 0. The molecule has 0 bridgehead atoms. The van der Waals surface area contributed by atoms with Crippen molar-refractivity contribution < 1.29 is 0 Å². The largest absolute Gasteiger partial charge is 0.330 e. The van der Waals surface area contributed by atoms with Gasteiger partial charge in [0.1, 0.15) is 0 Å². The van der Waals surface area contributed by atoms with Crippen molar-refractivity contribution in [3.63, 3.8) is 0 Å². The van der Waals surface area contributed by atoms with Gasteiger partial charge in [-0.3, -0.25) is 0 Å². The number of benzene rings is 1. The molecule has 0 aliphatic rings. The predicted molar refractivity (Wildman–Crippen MR) is 73.6 cm³/mol. The molecule has 98 valence electrons. The quantitative estimate of drug-likeness (QED) is 0.580. The van der Waals surface area contributed by atoms with E-state index in [4.69, 9.17) is 5.73 Å². The highest BCUT2D eigenvalue weighted by atomic mass is 16.1. The van der Waals surface area contributed by atoms with Crippen molar-refractivity contribution in [1.29, 1.82) is 0 Å². The number of aromatic amines is 2. The minimum Gasteiger partial charge on any atom is -0.330 e. The second kappa shape index (κ2) is 5.84. The highest BCUT2D eigenvalue weighted by molar-refractivity contribution is 5.75. The molecule has 2 rings (SSSR count). The monoisotopic (exact) mass is 248 g/mol. The Morgan fingerprint density at radius 2 is 2.06 bits per heavy atom. The molecule has 0 amide bonds. The van der Waals surface area contributed by atoms with Gasteiger partial charge in [-0.05, 0) is 50.6 Å². The number of nitrogens with two attached hydrogens (primary N) is 1. The fraction of sp³-hybridized carbons (Fsp3) is 0.462. The second-order valence-electron chi connectivity index (χ2n) is 4.56. The lowest BCUT2D eigenvalue weighted by molar-refractivity contribution is 0.549. The molecule has 0 saturated heterocycles. The SMILES string of the molecule is CC(NCCCCN)c1ccc2[nH]c(=O)[nH]c2c1. The van der Waals surface area contributed by atoms with Gasteiger partial charge < -0.3 is 21.0 Å². The van der Waals surface area contributed by atoms with Gasteiger partial charge in [0, 0.05) is 6.04 Å². The number of unbranched alkanes of at least 4 members (excludes halogenated alkanes) is 1. The molecule has 5 nitrogen and oxygen atoms in total. The molecule has 1 heterocycles. The molecule has 0 aliphatic heterocycles. The van der Waals surface area contributed by atoms with Gasteiger partial charge in [-0.15, -0.1) is 0 Å². The smallest absolute Gasteiger partial charge is 0.323 e. The zero-order valence-corrected chi connectivity index (χ0v) is 10.6. The predicted octanol–water partition coefficient (Wildman–Crippen LogP) is 1.25. The highest BCUT2D eigenvalue weighted by Crippen LogP contribution is 2.16. The van der Waals surface area contributed by atoms with Crippen LogP contribution in [0.5, 0.6) is 0 Å². The van der Waals surface area contributed by atoms with E-state index >= 15 is 0 Å². The number of nitrogens with one attached hydrogen (secondary N) is 3. The number of hydrogen-bond donors (Lipinski definition) is 4. The molecule has 0 saturated carbocycles. The Bertz CT molecular complexity index is 557. The Hall–Kier alpha value is -1.59. The van der Waals surface area contributed by atoms with E-state index in [9.17, 15) is 4.79 Å². The average Bonchev–Trinajstić information content (AvgIpc) is 2.73. The molecule has 5 heteroatoms. The van der Waals surface area contributed by atoms with Crippen LogP contribution in [0.25, 0.3) is 11.0 Å². The molecule has 0 fully saturated rings. The van der Waals surface area contributed by atoms with E-state index in [1.165, 1.54) is 5.56 Å². The van der Waals surface area contributed by atoms with Crippen molar-refractivity contribution in [3.8, 4) is 0 Å². The molecule has 1 atom stereocenters. The zero-order valence-electron chi connectivity index (χ0n) is 10.6. The van der Waals surface area contributed by atoms with Crippen LogP contribution in [-0.2, 0) is 0 Å². The van der Waals surface area contributed by atoms with Crippen LogP contribution in [0.2, 0.25) is 0 Å². The second-order valence-corrected chi connectivity index (χ2v) is 4.56. The third kappa shape index (κ3) is 3.00. The van der Waals surface area contributed by atoms with Crippen LogP contribution in [0.3, 0.4) is 0 Å². The van der Waals surface area contributed by atoms with Gasteiger partial charge in [-0.2, -0.15) is 0 Å². The summed E-state index contributed by atoms with van der Waals surface area (Å²) in [6.45, 7) is 3.82. The van der Waals surface area contributed by atoms with Crippen molar-refractivity contribution in [2.45, 2.75) is 25.8 Å². The van der Waals surface area contributed by atoms with Crippen LogP contribution < -0.4 is 16.7 Å². The molecular formula is C13H20N4O. The summed E-state index contributed by atoms with van der Waals surface area (Å²) in [5, 5.41) is 3.45. The molecule has 0 radical (unpaired) electrons. The first-order chi connectivity index (χ1) is 8.70. The Labute approximate surface area is 106 Å². The average molecular weight is 248 g/mol. The first-order valence-electron chi connectivity index (χ1n) is 6.36. The van der Waals surface area contributed by atoms with Gasteiger partial charge in [0.05, 0.1) is 11.0 Å². The lowest BCUT2D eigenvalue weighted by Crippen LogP contribution is -2.20. The number of fused-ring (bicyclic) bond motifs is 1. The summed E-state index contributed by atoms with van der Waals surface area (Å²) in [6.07, 6.45) is 2.13. The third-order valence-electron chi connectivity index (χ3n) is 3.12. The van der Waals surface area contributed by atoms with Gasteiger partial charge in [0.25, 0.3) is 0 Å². The van der Waals surface area contributed by atoms with Crippen LogP contribution in [0.15, 0.2) is 23.0 Å². The molecular weight excluding hydrogens is 228 g/mol. The van der Waals surface area contributed by atoms with E-state index in [0.717, 1.165) is 37.0 Å². The fourth-order valence-corrected chi connectivity index (χ4v) is 2.03. The van der Waals surface area contributed by atoms with E-state index in [0.29, 0.717) is 0 Å². The molecule has 0 spiro atoms. The highest BCUT2D eigenvalue weighted by Gasteiger charge is 2.06. The summed E-state index contributed by atoms with van der Waals surface area (Å²) in [6, 6.07) is 6.24. The summed E-state index contributed by atoms with van der Waals surface area (Å²) in [4.78, 5) is 16.7. The topological polar surface area (TPSA) is 86.7 Å². The number of rotatable bonds is 6. The number of aromatic nitrogens is 2. The fourth-order valence-electron chi connectivity index (χ4n) is 2.03. The van der Waals surface area contributed by atoms with Gasteiger partial charge in [-0.25, -0.2) is 4.79 Å². The van der Waals surface area contributed by atoms with Crippen LogP contribution in [0.4, 0.5) is 0 Å². The summed E-state index contributed by atoms with van der Waals surface area (Å²) in [5.41, 5.74) is 8.17. The van der Waals surface area contributed by atoms with Crippen molar-refractivity contribution in [2.24, 2.45) is 5.73 Å². The number of H-pyrrole nitrogens is 2.